The van der Waals surface area contributed by atoms with E-state index in [-0.39, 0.29) is 37.6 Å². The van der Waals surface area contributed by atoms with Crippen LogP contribution in [0.5, 0.6) is 5.75 Å². The first kappa shape index (κ1) is 28.2. The monoisotopic (exact) mass is 478 g/mol. The van der Waals surface area contributed by atoms with Crippen LogP contribution in [0.25, 0.3) is 0 Å². The number of amides is 4. The Morgan fingerprint density at radius 3 is 2.15 bits per heavy atom. The highest BCUT2D eigenvalue weighted by Gasteiger charge is 2.27. The number of nitrogens with two attached hydrogens (primary N) is 4. The van der Waals surface area contributed by atoms with Crippen molar-refractivity contribution in [2.75, 3.05) is 19.6 Å². The third-order valence-corrected chi connectivity index (χ3v) is 4.94. The number of carbonyl (C=O) groups is 4. The average molecular weight is 479 g/mol. The van der Waals surface area contributed by atoms with Crippen LogP contribution in [0, 0.1) is 13.8 Å². The highest BCUT2D eigenvalue weighted by Crippen LogP contribution is 2.22. The number of carbonyl (C=O) groups excluding carboxylic acids is 4. The number of phenols is 1. The topological polar surface area (TPSA) is 241 Å². The molecule has 0 saturated heterocycles. The number of benzene rings is 1. The zero-order valence-electron chi connectivity index (χ0n) is 19.4. The van der Waals surface area contributed by atoms with Gasteiger partial charge in [-0.1, -0.05) is 0 Å². The van der Waals surface area contributed by atoms with E-state index in [1.807, 2.05) is 0 Å². The van der Waals surface area contributed by atoms with Crippen molar-refractivity contribution in [1.82, 2.24) is 16.0 Å². The molecule has 0 spiro atoms. The molecule has 188 valence electrons. The first-order valence-electron chi connectivity index (χ1n) is 10.6. The molecule has 34 heavy (non-hydrogen) atoms. The molecule has 0 aromatic heterocycles. The number of aryl methyl sites for hydroxylation is 2. The van der Waals surface area contributed by atoms with Gasteiger partial charge >= 0.3 is 0 Å². The Morgan fingerprint density at radius 2 is 1.62 bits per heavy atom. The van der Waals surface area contributed by atoms with Crippen LogP contribution in [0.15, 0.2) is 17.1 Å². The van der Waals surface area contributed by atoms with Gasteiger partial charge in [0.2, 0.25) is 23.6 Å². The van der Waals surface area contributed by atoms with Gasteiger partial charge in [-0.3, -0.25) is 24.2 Å². The standard InChI is InChI=1S/C21H34N8O5/c1-11-6-13(30)7-12(2)14(11)8-16(28-18(32)9-22)20(34)29-15(4-3-5-26-21(24)25)19(33)27-10-17(23)31/h6-7,15-16,30H,3-5,8-10,22H2,1-2H3,(H2,23,31)(H,27,33)(H,28,32)(H,29,34)(H4,24,25,26)/t15-,16-/m0/s1. The number of rotatable bonds is 13. The van der Waals surface area contributed by atoms with Crippen molar-refractivity contribution in [3.8, 4) is 5.75 Å². The Bertz CT molecular complexity index is 907. The largest absolute Gasteiger partial charge is 0.508 e. The van der Waals surface area contributed by atoms with Gasteiger partial charge in [-0.25, -0.2) is 0 Å². The lowest BCUT2D eigenvalue weighted by molar-refractivity contribution is -0.132. The van der Waals surface area contributed by atoms with Crippen molar-refractivity contribution < 1.29 is 24.3 Å². The van der Waals surface area contributed by atoms with E-state index in [0.29, 0.717) is 6.42 Å². The van der Waals surface area contributed by atoms with Crippen LogP contribution in [-0.2, 0) is 25.6 Å². The minimum absolute atomic E-state index is 0.0812. The highest BCUT2D eigenvalue weighted by atomic mass is 16.3. The van der Waals surface area contributed by atoms with Crippen molar-refractivity contribution >= 4 is 29.6 Å². The van der Waals surface area contributed by atoms with Gasteiger partial charge < -0.3 is 44.0 Å². The number of nitrogens with zero attached hydrogens (tertiary/aromatic N) is 1. The molecule has 13 nitrogen and oxygen atoms in total. The summed E-state index contributed by atoms with van der Waals surface area (Å²) in [6, 6.07) is 1.000. The van der Waals surface area contributed by atoms with Crippen LogP contribution in [0.2, 0.25) is 0 Å². The molecule has 0 fully saturated rings. The van der Waals surface area contributed by atoms with E-state index in [4.69, 9.17) is 22.9 Å². The van der Waals surface area contributed by atoms with Crippen LogP contribution in [0.3, 0.4) is 0 Å². The quantitative estimate of drug-likeness (QED) is 0.0830. The third kappa shape index (κ3) is 9.73. The maximum absolute atomic E-state index is 13.1. The maximum atomic E-state index is 13.1. The molecule has 4 amide bonds. The molecule has 12 N–H and O–H groups in total. The summed E-state index contributed by atoms with van der Waals surface area (Å²) in [5.74, 6) is -2.59. The van der Waals surface area contributed by atoms with Crippen LogP contribution >= 0.6 is 0 Å². The molecule has 0 bridgehead atoms. The van der Waals surface area contributed by atoms with Crippen LogP contribution in [0.1, 0.15) is 29.5 Å². The lowest BCUT2D eigenvalue weighted by atomic mass is 9.95. The molecule has 0 saturated carbocycles. The highest BCUT2D eigenvalue weighted by molar-refractivity contribution is 5.93. The molecule has 1 rings (SSSR count). The van der Waals surface area contributed by atoms with Gasteiger partial charge in [-0.2, -0.15) is 0 Å². The molecule has 0 heterocycles. The molecule has 13 heteroatoms. The summed E-state index contributed by atoms with van der Waals surface area (Å²) in [6.07, 6.45) is 0.601. The van der Waals surface area contributed by atoms with E-state index in [1.165, 1.54) is 0 Å². The zero-order chi connectivity index (χ0) is 25.8. The van der Waals surface area contributed by atoms with Crippen LogP contribution < -0.4 is 38.9 Å². The van der Waals surface area contributed by atoms with E-state index in [0.717, 1.165) is 16.7 Å². The normalized spacial score (nSPS) is 12.2. The van der Waals surface area contributed by atoms with E-state index in [1.54, 1.807) is 26.0 Å². The maximum Gasteiger partial charge on any atom is 0.243 e. The van der Waals surface area contributed by atoms with E-state index < -0.39 is 42.3 Å². The van der Waals surface area contributed by atoms with Crippen molar-refractivity contribution in [3.63, 3.8) is 0 Å². The van der Waals surface area contributed by atoms with Gasteiger partial charge in [0.15, 0.2) is 5.96 Å². The summed E-state index contributed by atoms with van der Waals surface area (Å²) in [6.45, 7) is 3.02. The van der Waals surface area contributed by atoms with Gasteiger partial charge in [-0.15, -0.1) is 0 Å². The van der Waals surface area contributed by atoms with Crippen molar-refractivity contribution in [1.29, 1.82) is 0 Å². The number of aliphatic imine (C=N–C) groups is 1. The number of primary amides is 1. The van der Waals surface area contributed by atoms with Gasteiger partial charge in [0.25, 0.3) is 0 Å². The summed E-state index contributed by atoms with van der Waals surface area (Å²) in [7, 11) is 0. The number of nitrogens with one attached hydrogen (secondary N) is 3. The van der Waals surface area contributed by atoms with Gasteiger partial charge in [0.1, 0.15) is 17.8 Å². The van der Waals surface area contributed by atoms with Crippen molar-refractivity contribution in [3.05, 3.63) is 28.8 Å². The summed E-state index contributed by atoms with van der Waals surface area (Å²) in [5.41, 5.74) is 23.3. The second-order valence-electron chi connectivity index (χ2n) is 7.78. The Morgan fingerprint density at radius 1 is 1.00 bits per heavy atom. The fraction of sp³-hybridized carbons (Fsp3) is 0.476. The molecule has 0 unspecified atom stereocenters. The summed E-state index contributed by atoms with van der Waals surface area (Å²) in [5, 5.41) is 17.3. The zero-order valence-corrected chi connectivity index (χ0v) is 19.4. The molecule has 1 aromatic rings. The Balaban J connectivity index is 3.09. The fourth-order valence-electron chi connectivity index (χ4n) is 3.30. The van der Waals surface area contributed by atoms with Crippen LogP contribution in [-0.4, -0.2) is 66.4 Å². The molecular formula is C21H34N8O5. The van der Waals surface area contributed by atoms with Crippen LogP contribution in [0.4, 0.5) is 0 Å². The third-order valence-electron chi connectivity index (χ3n) is 4.94. The molecule has 0 radical (unpaired) electrons. The molecular weight excluding hydrogens is 444 g/mol. The molecule has 1 aromatic carbocycles. The average Bonchev–Trinajstić information content (AvgIpc) is 2.74. The SMILES string of the molecule is Cc1cc(O)cc(C)c1C[C@H](NC(=O)CN)C(=O)N[C@@H](CCCN=C(N)N)C(=O)NCC(N)=O. The lowest BCUT2D eigenvalue weighted by Gasteiger charge is -2.24. The number of hydrogen-bond acceptors (Lipinski definition) is 7. The van der Waals surface area contributed by atoms with Crippen molar-refractivity contribution in [2.45, 2.75) is 45.2 Å². The van der Waals surface area contributed by atoms with E-state index in [2.05, 4.69) is 20.9 Å². The summed E-state index contributed by atoms with van der Waals surface area (Å²) < 4.78 is 0. The smallest absolute Gasteiger partial charge is 0.243 e. The minimum atomic E-state index is -1.05. The Hall–Kier alpha value is -3.87. The van der Waals surface area contributed by atoms with Gasteiger partial charge in [0.05, 0.1) is 13.1 Å². The predicted molar refractivity (Wildman–Crippen MR) is 126 cm³/mol. The number of guanidine groups is 1. The van der Waals surface area contributed by atoms with E-state index in [9.17, 15) is 24.3 Å². The summed E-state index contributed by atoms with van der Waals surface area (Å²) in [4.78, 5) is 52.6. The molecule has 0 aliphatic heterocycles. The summed E-state index contributed by atoms with van der Waals surface area (Å²) >= 11 is 0. The predicted octanol–water partition coefficient (Wildman–Crippen LogP) is -2.87. The van der Waals surface area contributed by atoms with Gasteiger partial charge in [0, 0.05) is 13.0 Å². The first-order chi connectivity index (χ1) is 15.9. The molecule has 0 aliphatic carbocycles. The Labute approximate surface area is 197 Å². The number of hydrogen-bond donors (Lipinski definition) is 8. The fourth-order valence-corrected chi connectivity index (χ4v) is 3.30. The molecule has 0 aliphatic rings. The lowest BCUT2D eigenvalue weighted by Crippen LogP contribution is -2.55. The second kappa shape index (κ2) is 13.6. The number of aromatic hydroxyl groups is 1. The first-order valence-corrected chi connectivity index (χ1v) is 10.6. The molecule has 2 atom stereocenters. The number of phenolic OH excluding ortho intramolecular Hbond substituents is 1. The minimum Gasteiger partial charge on any atom is -0.508 e. The van der Waals surface area contributed by atoms with E-state index >= 15 is 0 Å². The van der Waals surface area contributed by atoms with Crippen molar-refractivity contribution in [2.24, 2.45) is 27.9 Å². The van der Waals surface area contributed by atoms with Gasteiger partial charge in [-0.05, 0) is 55.5 Å². The Kier molecular flexibility index (Phi) is 11.3. The second-order valence-corrected chi connectivity index (χ2v) is 7.78.